The third-order valence-corrected chi connectivity index (χ3v) is 7.68. The van der Waals surface area contributed by atoms with Crippen molar-refractivity contribution in [2.45, 2.75) is 25.7 Å². The van der Waals surface area contributed by atoms with Crippen LogP contribution in [0.5, 0.6) is 0 Å². The maximum atomic E-state index is 13.3. The maximum absolute atomic E-state index is 13.3. The summed E-state index contributed by atoms with van der Waals surface area (Å²) in [5, 5.41) is 4.59. The number of carbonyl (C=O) groups excluding carboxylic acids is 1. The zero-order valence-corrected chi connectivity index (χ0v) is 21.8. The molecule has 8 heteroatoms. The number of nitrogens with zero attached hydrogens (tertiary/aromatic N) is 4. The Morgan fingerprint density at radius 1 is 1.14 bits per heavy atom. The quantitative estimate of drug-likeness (QED) is 0.429. The summed E-state index contributed by atoms with van der Waals surface area (Å²) in [4.78, 5) is 22.5. The molecule has 1 aromatic carbocycles. The SMILES string of the molecule is CN(N)/C=C(\N)c1ccc2c(c1)/C=C(/NC(=O)c1ccnc(N3CC4(CCN(C)CC4)C3)c1)CCC=C2. The molecule has 194 valence electrons. The average Bonchev–Trinajstić information content (AvgIpc) is 2.84. The van der Waals surface area contributed by atoms with Gasteiger partial charge < -0.3 is 25.9 Å². The van der Waals surface area contributed by atoms with Crippen molar-refractivity contribution in [3.8, 4) is 0 Å². The molecule has 1 aliphatic carbocycles. The van der Waals surface area contributed by atoms with Crippen LogP contribution < -0.4 is 21.8 Å². The molecule has 2 aliphatic heterocycles. The van der Waals surface area contributed by atoms with Crippen LogP contribution in [0.2, 0.25) is 0 Å². The van der Waals surface area contributed by atoms with Gasteiger partial charge in [-0.05, 0) is 86.8 Å². The summed E-state index contributed by atoms with van der Waals surface area (Å²) >= 11 is 0. The van der Waals surface area contributed by atoms with Crippen molar-refractivity contribution in [1.82, 2.24) is 20.2 Å². The second-order valence-corrected chi connectivity index (χ2v) is 10.7. The Morgan fingerprint density at radius 3 is 2.68 bits per heavy atom. The number of hydrogen-bond donors (Lipinski definition) is 3. The van der Waals surface area contributed by atoms with Crippen molar-refractivity contribution in [2.24, 2.45) is 17.0 Å². The van der Waals surface area contributed by atoms with Crippen LogP contribution in [-0.2, 0) is 0 Å². The van der Waals surface area contributed by atoms with Crippen molar-refractivity contribution < 1.29 is 4.79 Å². The number of piperidine rings is 1. The predicted molar refractivity (Wildman–Crippen MR) is 150 cm³/mol. The summed E-state index contributed by atoms with van der Waals surface area (Å²) in [6, 6.07) is 9.75. The fraction of sp³-hybridized carbons (Fsp3) is 0.379. The number of allylic oxidation sites excluding steroid dienone is 2. The van der Waals surface area contributed by atoms with Gasteiger partial charge in [0, 0.05) is 49.2 Å². The number of carbonyl (C=O) groups is 1. The summed E-state index contributed by atoms with van der Waals surface area (Å²) in [6.45, 7) is 4.36. The fourth-order valence-corrected chi connectivity index (χ4v) is 5.42. The number of aromatic nitrogens is 1. The number of hydrogen-bond acceptors (Lipinski definition) is 7. The molecular formula is C29H37N7O. The minimum absolute atomic E-state index is 0.115. The topological polar surface area (TPSA) is 104 Å². The third kappa shape index (κ3) is 5.70. The molecule has 3 aliphatic rings. The minimum Gasteiger partial charge on any atom is -0.397 e. The highest BCUT2D eigenvalue weighted by atomic mass is 16.1. The van der Waals surface area contributed by atoms with E-state index in [9.17, 15) is 4.79 Å². The molecule has 1 aromatic heterocycles. The molecule has 3 heterocycles. The minimum atomic E-state index is -0.115. The second-order valence-electron chi connectivity index (χ2n) is 10.7. The lowest BCUT2D eigenvalue weighted by Crippen LogP contribution is -2.60. The molecule has 2 aromatic rings. The first kappa shape index (κ1) is 25.0. The molecule has 2 saturated heterocycles. The molecule has 0 unspecified atom stereocenters. The molecule has 0 saturated carbocycles. The molecule has 1 spiro atoms. The van der Waals surface area contributed by atoms with E-state index in [0.29, 0.717) is 16.7 Å². The highest BCUT2D eigenvalue weighted by molar-refractivity contribution is 5.96. The third-order valence-electron chi connectivity index (χ3n) is 7.68. The summed E-state index contributed by atoms with van der Waals surface area (Å²) in [5.74, 6) is 6.49. The number of fused-ring (bicyclic) bond motifs is 1. The number of likely N-dealkylation sites (tertiary alicyclic amines) is 1. The number of pyridine rings is 1. The largest absolute Gasteiger partial charge is 0.397 e. The van der Waals surface area contributed by atoms with Crippen molar-refractivity contribution in [3.63, 3.8) is 0 Å². The Kier molecular flexibility index (Phi) is 7.04. The van der Waals surface area contributed by atoms with Crippen molar-refractivity contribution in [1.29, 1.82) is 0 Å². The van der Waals surface area contributed by atoms with Crippen molar-refractivity contribution in [2.75, 3.05) is 45.2 Å². The summed E-state index contributed by atoms with van der Waals surface area (Å²) in [7, 11) is 3.93. The van der Waals surface area contributed by atoms with Crippen LogP contribution >= 0.6 is 0 Å². The van der Waals surface area contributed by atoms with Gasteiger partial charge in [0.2, 0.25) is 0 Å². The van der Waals surface area contributed by atoms with E-state index in [1.54, 1.807) is 25.5 Å². The molecule has 8 nitrogen and oxygen atoms in total. The van der Waals surface area contributed by atoms with E-state index in [2.05, 4.69) is 39.3 Å². The van der Waals surface area contributed by atoms with Gasteiger partial charge in [-0.1, -0.05) is 24.3 Å². The highest BCUT2D eigenvalue weighted by Gasteiger charge is 2.44. The number of rotatable bonds is 5. The molecule has 0 bridgehead atoms. The average molecular weight is 500 g/mol. The lowest BCUT2D eigenvalue weighted by atomic mass is 9.72. The normalized spacial score (nSPS) is 20.8. The van der Waals surface area contributed by atoms with Crippen LogP contribution in [0, 0.1) is 5.41 Å². The van der Waals surface area contributed by atoms with Crippen LogP contribution in [0.3, 0.4) is 0 Å². The van der Waals surface area contributed by atoms with Gasteiger partial charge in [0.15, 0.2) is 0 Å². The Hall–Kier alpha value is -3.62. The lowest BCUT2D eigenvalue weighted by molar-refractivity contribution is 0.0900. The smallest absolute Gasteiger partial charge is 0.255 e. The van der Waals surface area contributed by atoms with E-state index in [1.807, 2.05) is 30.3 Å². The van der Waals surface area contributed by atoms with Gasteiger partial charge in [0.25, 0.3) is 5.91 Å². The van der Waals surface area contributed by atoms with Gasteiger partial charge in [0.05, 0.1) is 5.70 Å². The van der Waals surface area contributed by atoms with E-state index in [4.69, 9.17) is 11.6 Å². The first-order valence-corrected chi connectivity index (χ1v) is 13.0. The number of amides is 1. The predicted octanol–water partition coefficient (Wildman–Crippen LogP) is 3.25. The molecule has 1 amide bonds. The van der Waals surface area contributed by atoms with Crippen LogP contribution in [0.4, 0.5) is 5.82 Å². The van der Waals surface area contributed by atoms with E-state index >= 15 is 0 Å². The monoisotopic (exact) mass is 499 g/mol. The molecular weight excluding hydrogens is 462 g/mol. The lowest BCUT2D eigenvalue weighted by Gasteiger charge is -2.54. The zero-order valence-electron chi connectivity index (χ0n) is 21.8. The molecule has 0 radical (unpaired) electrons. The Labute approximate surface area is 219 Å². The van der Waals surface area contributed by atoms with Gasteiger partial charge in [-0.25, -0.2) is 10.8 Å². The first-order valence-electron chi connectivity index (χ1n) is 13.0. The number of hydrazine groups is 1. The Balaban J connectivity index is 1.30. The van der Waals surface area contributed by atoms with Gasteiger partial charge in [-0.3, -0.25) is 4.79 Å². The van der Waals surface area contributed by atoms with Gasteiger partial charge >= 0.3 is 0 Å². The van der Waals surface area contributed by atoms with E-state index in [1.165, 1.54) is 17.9 Å². The van der Waals surface area contributed by atoms with E-state index < -0.39 is 0 Å². The van der Waals surface area contributed by atoms with E-state index in [0.717, 1.165) is 67.2 Å². The van der Waals surface area contributed by atoms with Crippen molar-refractivity contribution in [3.05, 3.63) is 76.8 Å². The number of nitrogens with one attached hydrogen (secondary N) is 1. The number of anilines is 1. The first-order chi connectivity index (χ1) is 17.8. The highest BCUT2D eigenvalue weighted by Crippen LogP contribution is 2.41. The van der Waals surface area contributed by atoms with Crippen LogP contribution in [0.1, 0.15) is 52.7 Å². The van der Waals surface area contributed by atoms with E-state index in [-0.39, 0.29) is 5.91 Å². The van der Waals surface area contributed by atoms with Crippen LogP contribution in [-0.4, -0.2) is 61.1 Å². The second kappa shape index (κ2) is 10.4. The zero-order chi connectivity index (χ0) is 26.0. The van der Waals surface area contributed by atoms with Gasteiger partial charge in [-0.15, -0.1) is 0 Å². The molecule has 2 fully saturated rings. The van der Waals surface area contributed by atoms with Crippen LogP contribution in [0.15, 0.2) is 54.5 Å². The molecule has 5 N–H and O–H groups in total. The number of benzene rings is 1. The van der Waals surface area contributed by atoms with Crippen molar-refractivity contribution >= 4 is 29.6 Å². The summed E-state index contributed by atoms with van der Waals surface area (Å²) < 4.78 is 0. The standard InChI is InChI=1S/C29H37N7O/c1-34-13-10-29(11-14-34)19-36(20-29)27-17-23(9-12-32-27)28(37)33-25-6-4-3-5-21-7-8-22(15-24(21)16-25)26(30)18-35(2)31/h3,5,7-9,12,15-18H,4,6,10-11,13-14,19-20,30-31H2,1-2H3,(H,33,37)/b5-3?,25-16+,26-18-. The Morgan fingerprint density at radius 2 is 1.92 bits per heavy atom. The maximum Gasteiger partial charge on any atom is 0.255 e. The number of nitrogens with two attached hydrogens (primary N) is 2. The van der Waals surface area contributed by atoms with Gasteiger partial charge in [0.1, 0.15) is 5.82 Å². The summed E-state index contributed by atoms with van der Waals surface area (Å²) in [6.07, 6.45) is 13.8. The van der Waals surface area contributed by atoms with Gasteiger partial charge in [-0.2, -0.15) is 0 Å². The fourth-order valence-electron chi connectivity index (χ4n) is 5.42. The van der Waals surface area contributed by atoms with Crippen LogP contribution in [0.25, 0.3) is 17.8 Å². The molecule has 5 rings (SSSR count). The Bertz CT molecular complexity index is 1250. The summed E-state index contributed by atoms with van der Waals surface area (Å²) in [5.41, 5.74) is 11.7. The molecule has 37 heavy (non-hydrogen) atoms. The molecule has 0 atom stereocenters.